The second kappa shape index (κ2) is 8.43. The molecule has 0 saturated carbocycles. The topological polar surface area (TPSA) is 80.2 Å². The van der Waals surface area contributed by atoms with E-state index in [1.165, 1.54) is 0 Å². The van der Waals surface area contributed by atoms with Crippen molar-refractivity contribution < 1.29 is 9.53 Å². The second-order valence-electron chi connectivity index (χ2n) is 7.07. The first-order chi connectivity index (χ1) is 13.3. The van der Waals surface area contributed by atoms with Crippen molar-refractivity contribution in [2.45, 2.75) is 38.1 Å². The van der Waals surface area contributed by atoms with Crippen LogP contribution in [0.2, 0.25) is 0 Å². The Morgan fingerprint density at radius 2 is 1.96 bits per heavy atom. The van der Waals surface area contributed by atoms with Crippen molar-refractivity contribution >= 4 is 17.7 Å². The highest BCUT2D eigenvalue weighted by molar-refractivity contribution is 5.79. The Morgan fingerprint density at radius 1 is 1.07 bits per heavy atom. The lowest BCUT2D eigenvalue weighted by Gasteiger charge is -2.38. The summed E-state index contributed by atoms with van der Waals surface area (Å²) in [6.45, 7) is 2.16. The number of nitrogens with one attached hydrogen (secondary N) is 1. The average molecular weight is 367 g/mol. The van der Waals surface area contributed by atoms with Gasteiger partial charge in [0.1, 0.15) is 5.82 Å². The molecule has 7 heteroatoms. The van der Waals surface area contributed by atoms with E-state index in [0.717, 1.165) is 44.3 Å². The highest BCUT2D eigenvalue weighted by Gasteiger charge is 2.33. The fourth-order valence-electron chi connectivity index (χ4n) is 3.85. The fourth-order valence-corrected chi connectivity index (χ4v) is 3.85. The van der Waals surface area contributed by atoms with Crippen LogP contribution in [0.5, 0.6) is 0 Å². The molecule has 2 aromatic heterocycles. The number of aromatic nitrogens is 3. The molecule has 4 rings (SSSR count). The zero-order chi connectivity index (χ0) is 18.5. The van der Waals surface area contributed by atoms with Gasteiger partial charge in [0.25, 0.3) is 0 Å². The van der Waals surface area contributed by atoms with Gasteiger partial charge in [0.05, 0.1) is 11.7 Å². The van der Waals surface area contributed by atoms with Gasteiger partial charge >= 0.3 is 0 Å². The lowest BCUT2D eigenvalue weighted by atomic mass is 9.93. The number of carbonyl (C=O) groups is 1. The Labute approximate surface area is 159 Å². The molecule has 2 aromatic rings. The number of carbonyl (C=O) groups excluding carboxylic acids is 1. The van der Waals surface area contributed by atoms with E-state index in [9.17, 15) is 4.79 Å². The molecule has 2 fully saturated rings. The summed E-state index contributed by atoms with van der Waals surface area (Å²) in [7, 11) is 0. The molecule has 2 saturated heterocycles. The SMILES string of the molecule is O=C(C1CCOCC1)N1CCCC[C@@H]1c1ccnc(Nc2ccccn2)n1. The van der Waals surface area contributed by atoms with Gasteiger partial charge < -0.3 is 15.0 Å². The van der Waals surface area contributed by atoms with Crippen LogP contribution in [0.15, 0.2) is 36.7 Å². The standard InChI is InChI=1S/C20H25N5O2/c26-19(15-8-13-27-14-9-15)25-12-4-2-5-17(25)16-7-11-22-20(23-16)24-18-6-1-3-10-21-18/h1,3,6-7,10-11,15,17H,2,4-5,8-9,12-14H2,(H,21,22,23,24)/t17-/m1/s1. The number of piperidine rings is 1. The summed E-state index contributed by atoms with van der Waals surface area (Å²) in [6, 6.07) is 7.58. The molecular weight excluding hydrogens is 342 g/mol. The van der Waals surface area contributed by atoms with Crippen molar-refractivity contribution in [3.05, 3.63) is 42.4 Å². The smallest absolute Gasteiger partial charge is 0.228 e. The van der Waals surface area contributed by atoms with Gasteiger partial charge in [0, 0.05) is 38.1 Å². The monoisotopic (exact) mass is 367 g/mol. The summed E-state index contributed by atoms with van der Waals surface area (Å²) >= 11 is 0. The molecule has 2 aliphatic heterocycles. The number of hydrogen-bond donors (Lipinski definition) is 1. The fraction of sp³-hybridized carbons (Fsp3) is 0.500. The van der Waals surface area contributed by atoms with Crippen molar-refractivity contribution in [1.82, 2.24) is 19.9 Å². The molecule has 1 amide bonds. The first-order valence-corrected chi connectivity index (χ1v) is 9.70. The van der Waals surface area contributed by atoms with Crippen molar-refractivity contribution in [3.8, 4) is 0 Å². The molecule has 142 valence electrons. The number of nitrogens with zero attached hydrogens (tertiary/aromatic N) is 4. The van der Waals surface area contributed by atoms with E-state index in [1.807, 2.05) is 29.2 Å². The predicted octanol–water partition coefficient (Wildman–Crippen LogP) is 3.10. The van der Waals surface area contributed by atoms with Crippen LogP contribution in [0, 0.1) is 5.92 Å². The molecule has 4 heterocycles. The first-order valence-electron chi connectivity index (χ1n) is 9.70. The van der Waals surface area contributed by atoms with Crippen LogP contribution in [-0.4, -0.2) is 45.5 Å². The molecule has 27 heavy (non-hydrogen) atoms. The molecule has 1 atom stereocenters. The van der Waals surface area contributed by atoms with E-state index in [2.05, 4.69) is 20.3 Å². The van der Waals surface area contributed by atoms with Crippen LogP contribution in [0.25, 0.3) is 0 Å². The number of ether oxygens (including phenoxy) is 1. The normalized spacial score (nSPS) is 21.0. The maximum Gasteiger partial charge on any atom is 0.228 e. The molecule has 0 bridgehead atoms. The quantitative estimate of drug-likeness (QED) is 0.894. The molecule has 0 aliphatic carbocycles. The summed E-state index contributed by atoms with van der Waals surface area (Å²) < 4.78 is 5.42. The number of anilines is 2. The second-order valence-corrected chi connectivity index (χ2v) is 7.07. The Morgan fingerprint density at radius 3 is 2.78 bits per heavy atom. The minimum atomic E-state index is 0.0152. The largest absolute Gasteiger partial charge is 0.381 e. The van der Waals surface area contributed by atoms with E-state index in [4.69, 9.17) is 4.74 Å². The third-order valence-corrected chi connectivity index (χ3v) is 5.28. The van der Waals surface area contributed by atoms with Crippen molar-refractivity contribution in [2.75, 3.05) is 25.1 Å². The van der Waals surface area contributed by atoms with Crippen LogP contribution >= 0.6 is 0 Å². The van der Waals surface area contributed by atoms with Gasteiger partial charge in [-0.05, 0) is 50.3 Å². The molecule has 0 radical (unpaired) electrons. The van der Waals surface area contributed by atoms with E-state index in [1.54, 1.807) is 12.4 Å². The number of hydrogen-bond acceptors (Lipinski definition) is 6. The highest BCUT2D eigenvalue weighted by atomic mass is 16.5. The summed E-state index contributed by atoms with van der Waals surface area (Å²) in [5, 5.41) is 3.14. The molecule has 0 unspecified atom stereocenters. The van der Waals surface area contributed by atoms with Crippen molar-refractivity contribution in [1.29, 1.82) is 0 Å². The lowest BCUT2D eigenvalue weighted by Crippen LogP contribution is -2.43. The maximum atomic E-state index is 13.1. The zero-order valence-electron chi connectivity index (χ0n) is 15.4. The van der Waals surface area contributed by atoms with Gasteiger partial charge in [0.15, 0.2) is 0 Å². The summed E-state index contributed by atoms with van der Waals surface area (Å²) in [6.07, 6.45) is 8.21. The Hall–Kier alpha value is -2.54. The van der Waals surface area contributed by atoms with Gasteiger partial charge in [-0.25, -0.2) is 15.0 Å². The molecule has 0 aromatic carbocycles. The lowest BCUT2D eigenvalue weighted by molar-refractivity contribution is -0.142. The molecular formula is C20H25N5O2. The number of rotatable bonds is 4. The van der Waals surface area contributed by atoms with Crippen LogP contribution in [0.4, 0.5) is 11.8 Å². The molecule has 1 N–H and O–H groups in total. The highest BCUT2D eigenvalue weighted by Crippen LogP contribution is 2.33. The van der Waals surface area contributed by atoms with E-state index in [0.29, 0.717) is 25.0 Å². The number of likely N-dealkylation sites (tertiary alicyclic amines) is 1. The maximum absolute atomic E-state index is 13.1. The Kier molecular flexibility index (Phi) is 5.58. The van der Waals surface area contributed by atoms with Crippen molar-refractivity contribution in [3.63, 3.8) is 0 Å². The molecule has 0 spiro atoms. The molecule has 2 aliphatic rings. The number of pyridine rings is 1. The Balaban J connectivity index is 1.53. The van der Waals surface area contributed by atoms with Crippen LogP contribution in [0.1, 0.15) is 43.8 Å². The van der Waals surface area contributed by atoms with Crippen molar-refractivity contribution in [2.24, 2.45) is 5.92 Å². The summed E-state index contributed by atoms with van der Waals surface area (Å²) in [5.41, 5.74) is 0.892. The van der Waals surface area contributed by atoms with Crippen LogP contribution < -0.4 is 5.32 Å². The van der Waals surface area contributed by atoms with Crippen LogP contribution in [0.3, 0.4) is 0 Å². The van der Waals surface area contributed by atoms with Gasteiger partial charge in [-0.15, -0.1) is 0 Å². The minimum absolute atomic E-state index is 0.0152. The number of amides is 1. The predicted molar refractivity (Wildman–Crippen MR) is 101 cm³/mol. The van der Waals surface area contributed by atoms with Crippen LogP contribution in [-0.2, 0) is 9.53 Å². The van der Waals surface area contributed by atoms with E-state index < -0.39 is 0 Å². The van der Waals surface area contributed by atoms with Gasteiger partial charge in [0.2, 0.25) is 11.9 Å². The average Bonchev–Trinajstić information content (AvgIpc) is 2.75. The van der Waals surface area contributed by atoms with E-state index in [-0.39, 0.29) is 17.9 Å². The first kappa shape index (κ1) is 17.9. The third-order valence-electron chi connectivity index (χ3n) is 5.28. The Bertz CT molecular complexity index is 764. The summed E-state index contributed by atoms with van der Waals surface area (Å²) in [4.78, 5) is 28.4. The van der Waals surface area contributed by atoms with Gasteiger partial charge in [-0.3, -0.25) is 4.79 Å². The zero-order valence-corrected chi connectivity index (χ0v) is 15.4. The van der Waals surface area contributed by atoms with Gasteiger partial charge in [-0.1, -0.05) is 6.07 Å². The third kappa shape index (κ3) is 4.24. The van der Waals surface area contributed by atoms with Gasteiger partial charge in [-0.2, -0.15) is 0 Å². The summed E-state index contributed by atoms with van der Waals surface area (Å²) in [5.74, 6) is 1.54. The minimum Gasteiger partial charge on any atom is -0.381 e. The molecule has 7 nitrogen and oxygen atoms in total. The van der Waals surface area contributed by atoms with E-state index >= 15 is 0 Å².